The first kappa shape index (κ1) is 11.9. The zero-order chi connectivity index (χ0) is 12.6. The van der Waals surface area contributed by atoms with Gasteiger partial charge in [-0.2, -0.15) is 13.2 Å². The van der Waals surface area contributed by atoms with Crippen molar-refractivity contribution in [3.63, 3.8) is 0 Å². The number of alkyl halides is 3. The molecular weight excluding hydrogens is 251 g/mol. The van der Waals surface area contributed by atoms with Gasteiger partial charge >= 0.3 is 6.18 Å². The average molecular weight is 259 g/mol. The van der Waals surface area contributed by atoms with Crippen molar-refractivity contribution >= 4 is 27.6 Å². The summed E-state index contributed by atoms with van der Waals surface area (Å²) in [5.74, 6) is -1.63. The number of thiazole rings is 1. The highest BCUT2D eigenvalue weighted by atomic mass is 32.1. The van der Waals surface area contributed by atoms with Crippen molar-refractivity contribution < 1.29 is 18.3 Å². The number of hydrogen-bond donors (Lipinski definition) is 1. The number of allylic oxidation sites excluding steroid dienone is 1. The SMILES string of the molecule is Cc1ccc2sc(/C=C(\O)C(F)(F)F)nc2c1. The highest BCUT2D eigenvalue weighted by molar-refractivity contribution is 7.19. The molecular formula is C11H8F3NOS. The fraction of sp³-hybridized carbons (Fsp3) is 0.182. The van der Waals surface area contributed by atoms with Crippen LogP contribution in [0.5, 0.6) is 0 Å². The summed E-state index contributed by atoms with van der Waals surface area (Å²) in [5, 5.41) is 8.96. The van der Waals surface area contributed by atoms with Crippen LogP contribution in [0.2, 0.25) is 0 Å². The number of aliphatic hydroxyl groups is 1. The molecule has 0 amide bonds. The predicted octanol–water partition coefficient (Wildman–Crippen LogP) is 4.07. The van der Waals surface area contributed by atoms with Gasteiger partial charge in [0.2, 0.25) is 5.76 Å². The maximum Gasteiger partial charge on any atom is 0.448 e. The van der Waals surface area contributed by atoms with Crippen molar-refractivity contribution in [1.82, 2.24) is 4.98 Å². The normalized spacial score (nSPS) is 13.3. The molecule has 1 aromatic heterocycles. The molecule has 0 aliphatic rings. The van der Waals surface area contributed by atoms with E-state index in [1.807, 2.05) is 13.0 Å². The van der Waals surface area contributed by atoms with Crippen LogP contribution in [0.15, 0.2) is 24.0 Å². The lowest BCUT2D eigenvalue weighted by molar-refractivity contribution is -0.119. The maximum absolute atomic E-state index is 12.1. The van der Waals surface area contributed by atoms with Crippen molar-refractivity contribution in [3.8, 4) is 0 Å². The van der Waals surface area contributed by atoms with Gasteiger partial charge in [-0.25, -0.2) is 4.98 Å². The number of rotatable bonds is 1. The van der Waals surface area contributed by atoms with Gasteiger partial charge in [0.05, 0.1) is 10.2 Å². The third-order valence-corrected chi connectivity index (χ3v) is 3.09. The minimum atomic E-state index is -4.73. The van der Waals surface area contributed by atoms with Crippen molar-refractivity contribution in [1.29, 1.82) is 0 Å². The summed E-state index contributed by atoms with van der Waals surface area (Å²) in [6.45, 7) is 1.88. The zero-order valence-corrected chi connectivity index (χ0v) is 9.56. The van der Waals surface area contributed by atoms with Crippen molar-refractivity contribution in [3.05, 3.63) is 34.5 Å². The van der Waals surface area contributed by atoms with Gasteiger partial charge in [0.15, 0.2) is 0 Å². The number of aromatic nitrogens is 1. The van der Waals surface area contributed by atoms with E-state index >= 15 is 0 Å². The molecule has 0 atom stereocenters. The second-order valence-electron chi connectivity index (χ2n) is 3.55. The molecule has 0 bridgehead atoms. The standard InChI is InChI=1S/C11H8F3NOS/c1-6-2-3-8-7(4-6)15-10(17-8)5-9(16)11(12,13)14/h2-5,16H,1H3/b9-5-. The molecule has 0 fully saturated rings. The van der Waals surface area contributed by atoms with Gasteiger partial charge in [-0.05, 0) is 24.6 Å². The number of aryl methyl sites for hydroxylation is 1. The number of nitrogens with zero attached hydrogens (tertiary/aromatic N) is 1. The van der Waals surface area contributed by atoms with E-state index in [-0.39, 0.29) is 5.01 Å². The van der Waals surface area contributed by atoms with E-state index in [2.05, 4.69) is 4.98 Å². The Morgan fingerprint density at radius 2 is 2.12 bits per heavy atom. The Morgan fingerprint density at radius 1 is 1.41 bits per heavy atom. The number of fused-ring (bicyclic) bond motifs is 1. The van der Waals surface area contributed by atoms with Crippen molar-refractivity contribution in [2.45, 2.75) is 13.1 Å². The second-order valence-corrected chi connectivity index (χ2v) is 4.61. The van der Waals surface area contributed by atoms with Crippen LogP contribution in [0.3, 0.4) is 0 Å². The third kappa shape index (κ3) is 2.58. The number of aliphatic hydroxyl groups excluding tert-OH is 1. The van der Waals surface area contributed by atoms with Crippen LogP contribution >= 0.6 is 11.3 Å². The van der Waals surface area contributed by atoms with E-state index in [4.69, 9.17) is 5.11 Å². The molecule has 90 valence electrons. The van der Waals surface area contributed by atoms with Gasteiger partial charge < -0.3 is 5.11 Å². The predicted molar refractivity (Wildman–Crippen MR) is 61.0 cm³/mol. The summed E-state index contributed by atoms with van der Waals surface area (Å²) in [6.07, 6.45) is -4.09. The Morgan fingerprint density at radius 3 is 2.76 bits per heavy atom. The van der Waals surface area contributed by atoms with E-state index in [1.165, 1.54) is 0 Å². The first-order valence-corrected chi connectivity index (χ1v) is 5.53. The van der Waals surface area contributed by atoms with Gasteiger partial charge in [-0.15, -0.1) is 11.3 Å². The van der Waals surface area contributed by atoms with Crippen LogP contribution in [0, 0.1) is 6.92 Å². The van der Waals surface area contributed by atoms with E-state index in [0.29, 0.717) is 11.6 Å². The summed E-state index contributed by atoms with van der Waals surface area (Å²) in [7, 11) is 0. The molecule has 0 saturated heterocycles. The van der Waals surface area contributed by atoms with E-state index in [1.54, 1.807) is 12.1 Å². The Kier molecular flexibility index (Phi) is 2.82. The Bertz CT molecular complexity index is 586. The van der Waals surface area contributed by atoms with Gasteiger partial charge in [-0.1, -0.05) is 6.07 Å². The average Bonchev–Trinajstić information content (AvgIpc) is 2.57. The molecule has 0 aliphatic heterocycles. The Hall–Kier alpha value is -1.56. The summed E-state index contributed by atoms with van der Waals surface area (Å²) in [5.41, 5.74) is 1.62. The molecule has 0 unspecified atom stereocenters. The van der Waals surface area contributed by atoms with Gasteiger partial charge in [-0.3, -0.25) is 0 Å². The number of halogens is 3. The summed E-state index contributed by atoms with van der Waals surface area (Å²) >= 11 is 1.10. The quantitative estimate of drug-likeness (QED) is 0.783. The highest BCUT2D eigenvalue weighted by Gasteiger charge is 2.33. The Balaban J connectivity index is 2.44. The number of hydrogen-bond acceptors (Lipinski definition) is 3. The summed E-state index contributed by atoms with van der Waals surface area (Å²) in [6, 6.07) is 5.44. The smallest absolute Gasteiger partial charge is 0.448 e. The molecule has 6 heteroatoms. The van der Waals surface area contributed by atoms with E-state index < -0.39 is 11.9 Å². The van der Waals surface area contributed by atoms with Crippen LogP contribution in [0.25, 0.3) is 16.3 Å². The van der Waals surface area contributed by atoms with E-state index in [0.717, 1.165) is 21.6 Å². The largest absolute Gasteiger partial charge is 0.504 e. The summed E-state index contributed by atoms with van der Waals surface area (Å²) in [4.78, 5) is 4.01. The molecule has 1 aromatic carbocycles. The molecule has 0 spiro atoms. The molecule has 0 aliphatic carbocycles. The van der Waals surface area contributed by atoms with Gasteiger partial charge in [0, 0.05) is 6.08 Å². The molecule has 2 rings (SSSR count). The Labute approximate surface area is 99.0 Å². The molecule has 0 saturated carbocycles. The van der Waals surface area contributed by atoms with Crippen molar-refractivity contribution in [2.75, 3.05) is 0 Å². The van der Waals surface area contributed by atoms with E-state index in [9.17, 15) is 13.2 Å². The molecule has 1 heterocycles. The minimum Gasteiger partial charge on any atom is -0.504 e. The highest BCUT2D eigenvalue weighted by Crippen LogP contribution is 2.28. The van der Waals surface area contributed by atoms with Crippen LogP contribution in [-0.4, -0.2) is 16.3 Å². The molecule has 0 radical (unpaired) electrons. The monoisotopic (exact) mass is 259 g/mol. The first-order valence-electron chi connectivity index (χ1n) is 4.71. The van der Waals surface area contributed by atoms with Gasteiger partial charge in [0.1, 0.15) is 5.01 Å². The van der Waals surface area contributed by atoms with Crippen molar-refractivity contribution in [2.24, 2.45) is 0 Å². The fourth-order valence-corrected chi connectivity index (χ4v) is 2.20. The lowest BCUT2D eigenvalue weighted by Crippen LogP contribution is -2.10. The van der Waals surface area contributed by atoms with Crippen LogP contribution in [-0.2, 0) is 0 Å². The first-order chi connectivity index (χ1) is 7.86. The van der Waals surface area contributed by atoms with Crippen LogP contribution in [0.1, 0.15) is 10.6 Å². The molecule has 2 nitrogen and oxygen atoms in total. The summed E-state index contributed by atoms with van der Waals surface area (Å²) < 4.78 is 37.1. The number of benzene rings is 1. The minimum absolute atomic E-state index is 0.139. The van der Waals surface area contributed by atoms with Crippen LogP contribution < -0.4 is 0 Å². The molecule has 1 N–H and O–H groups in total. The topological polar surface area (TPSA) is 33.1 Å². The lowest BCUT2D eigenvalue weighted by Gasteiger charge is -2.02. The van der Waals surface area contributed by atoms with Crippen LogP contribution in [0.4, 0.5) is 13.2 Å². The lowest BCUT2D eigenvalue weighted by atomic mass is 10.2. The fourth-order valence-electron chi connectivity index (χ4n) is 1.32. The maximum atomic E-state index is 12.1. The van der Waals surface area contributed by atoms with Gasteiger partial charge in [0.25, 0.3) is 0 Å². The third-order valence-electron chi connectivity index (χ3n) is 2.11. The molecule has 2 aromatic rings. The molecule has 17 heavy (non-hydrogen) atoms. The second kappa shape index (κ2) is 4.03. The zero-order valence-electron chi connectivity index (χ0n) is 8.75.